The van der Waals surface area contributed by atoms with Crippen molar-refractivity contribution in [2.75, 3.05) is 18.6 Å². The molecule has 0 aliphatic heterocycles. The Hall–Kier alpha value is -2.40. The molecule has 3 N–H and O–H groups in total. The fourth-order valence-corrected chi connectivity index (χ4v) is 4.32. The van der Waals surface area contributed by atoms with Crippen molar-refractivity contribution in [1.82, 2.24) is 25.2 Å². The van der Waals surface area contributed by atoms with E-state index in [9.17, 15) is 13.2 Å². The number of rotatable bonds is 10. The van der Waals surface area contributed by atoms with Crippen molar-refractivity contribution in [2.45, 2.75) is 17.6 Å². The largest absolute Gasteiger partial charge is 0.355 e. The summed E-state index contributed by atoms with van der Waals surface area (Å²) in [7, 11) is -3.50. The second-order valence-corrected chi connectivity index (χ2v) is 10.0. The SMILES string of the molecule is CS(=O)(=O)NC(CC(=O)NCCSc1n[nH]c(-c2ccccc2)n1)c1ccc(Cl)cc1. The average Bonchev–Trinajstić information content (AvgIpc) is 3.20. The summed E-state index contributed by atoms with van der Waals surface area (Å²) in [5.74, 6) is 0.990. The first kappa shape index (κ1) is 23.3. The Morgan fingerprint density at radius 2 is 1.87 bits per heavy atom. The van der Waals surface area contributed by atoms with E-state index in [0.29, 0.717) is 33.9 Å². The van der Waals surface area contributed by atoms with Gasteiger partial charge in [-0.25, -0.2) is 18.1 Å². The monoisotopic (exact) mass is 479 g/mol. The molecule has 2 aromatic carbocycles. The maximum absolute atomic E-state index is 12.4. The summed E-state index contributed by atoms with van der Waals surface area (Å²) in [5.41, 5.74) is 1.61. The normalized spacial score (nSPS) is 12.5. The van der Waals surface area contributed by atoms with Gasteiger partial charge in [-0.2, -0.15) is 0 Å². The summed E-state index contributed by atoms with van der Waals surface area (Å²) >= 11 is 7.30. The smallest absolute Gasteiger partial charge is 0.221 e. The van der Waals surface area contributed by atoms with E-state index in [-0.39, 0.29) is 12.3 Å². The highest BCUT2D eigenvalue weighted by molar-refractivity contribution is 7.99. The van der Waals surface area contributed by atoms with Crippen LogP contribution in [0.5, 0.6) is 0 Å². The number of nitrogens with one attached hydrogen (secondary N) is 3. The lowest BCUT2D eigenvalue weighted by Crippen LogP contribution is -2.34. The number of sulfonamides is 1. The molecule has 3 rings (SSSR count). The molecule has 0 radical (unpaired) electrons. The molecule has 0 saturated carbocycles. The maximum atomic E-state index is 12.4. The molecule has 31 heavy (non-hydrogen) atoms. The Bertz CT molecular complexity index is 1110. The molecular formula is C20H22ClN5O3S2. The Morgan fingerprint density at radius 1 is 1.16 bits per heavy atom. The minimum absolute atomic E-state index is 0.0296. The summed E-state index contributed by atoms with van der Waals surface area (Å²) in [5, 5.41) is 11.0. The van der Waals surface area contributed by atoms with Crippen LogP contribution in [0.25, 0.3) is 11.4 Å². The predicted octanol–water partition coefficient (Wildman–Crippen LogP) is 3.01. The van der Waals surface area contributed by atoms with Gasteiger partial charge in [-0.1, -0.05) is 65.8 Å². The number of amides is 1. The van der Waals surface area contributed by atoms with E-state index >= 15 is 0 Å². The van der Waals surface area contributed by atoms with Crippen molar-refractivity contribution in [3.63, 3.8) is 0 Å². The molecule has 1 heterocycles. The van der Waals surface area contributed by atoms with Crippen LogP contribution < -0.4 is 10.0 Å². The number of thioether (sulfide) groups is 1. The van der Waals surface area contributed by atoms with Crippen LogP contribution in [-0.4, -0.2) is 48.1 Å². The van der Waals surface area contributed by atoms with Crippen LogP contribution in [0.1, 0.15) is 18.0 Å². The highest BCUT2D eigenvalue weighted by Crippen LogP contribution is 2.21. The molecule has 0 aliphatic carbocycles. The minimum Gasteiger partial charge on any atom is -0.355 e. The fraction of sp³-hybridized carbons (Fsp3) is 0.250. The third-order valence-corrected chi connectivity index (χ3v) is 6.00. The van der Waals surface area contributed by atoms with Gasteiger partial charge in [0.25, 0.3) is 0 Å². The third-order valence-electron chi connectivity index (χ3n) is 4.19. The standard InChI is InChI=1S/C20H22ClN5O3S2/c1-31(28,29)26-17(14-7-9-16(21)10-8-14)13-18(27)22-11-12-30-20-23-19(24-25-20)15-5-3-2-4-6-15/h2-10,17,26H,11-13H2,1H3,(H,22,27)(H,23,24,25). The quantitative estimate of drug-likeness (QED) is 0.304. The topological polar surface area (TPSA) is 117 Å². The van der Waals surface area contributed by atoms with Crippen molar-refractivity contribution in [1.29, 1.82) is 0 Å². The van der Waals surface area contributed by atoms with Gasteiger partial charge in [-0.15, -0.1) is 5.10 Å². The number of carbonyl (C=O) groups is 1. The number of nitrogens with zero attached hydrogens (tertiary/aromatic N) is 2. The molecule has 0 spiro atoms. The second-order valence-electron chi connectivity index (χ2n) is 6.73. The lowest BCUT2D eigenvalue weighted by molar-refractivity contribution is -0.121. The first-order chi connectivity index (χ1) is 14.8. The Labute approximate surface area is 190 Å². The average molecular weight is 480 g/mol. The first-order valence-electron chi connectivity index (χ1n) is 9.40. The molecule has 0 bridgehead atoms. The number of aromatic nitrogens is 3. The van der Waals surface area contributed by atoms with E-state index in [4.69, 9.17) is 11.6 Å². The van der Waals surface area contributed by atoms with Gasteiger partial charge in [0, 0.05) is 29.3 Å². The molecule has 1 atom stereocenters. The minimum atomic E-state index is -3.50. The predicted molar refractivity (Wildman–Crippen MR) is 122 cm³/mol. The molecule has 11 heteroatoms. The van der Waals surface area contributed by atoms with E-state index in [1.165, 1.54) is 11.8 Å². The first-order valence-corrected chi connectivity index (χ1v) is 12.7. The van der Waals surface area contributed by atoms with Gasteiger partial charge in [0.2, 0.25) is 21.1 Å². The van der Waals surface area contributed by atoms with E-state index in [1.54, 1.807) is 24.3 Å². The molecule has 1 amide bonds. The number of benzene rings is 2. The van der Waals surface area contributed by atoms with Crippen molar-refractivity contribution < 1.29 is 13.2 Å². The zero-order valence-electron chi connectivity index (χ0n) is 16.7. The molecule has 0 aliphatic rings. The van der Waals surface area contributed by atoms with E-state index in [0.717, 1.165) is 11.8 Å². The van der Waals surface area contributed by atoms with Gasteiger partial charge in [0.1, 0.15) is 0 Å². The van der Waals surface area contributed by atoms with Gasteiger partial charge in [0.05, 0.1) is 12.3 Å². The highest BCUT2D eigenvalue weighted by atomic mass is 35.5. The molecule has 8 nitrogen and oxygen atoms in total. The number of hydrogen-bond donors (Lipinski definition) is 3. The number of carbonyl (C=O) groups excluding carboxylic acids is 1. The number of H-pyrrole nitrogens is 1. The molecule has 1 unspecified atom stereocenters. The van der Waals surface area contributed by atoms with Gasteiger partial charge in [-0.3, -0.25) is 9.89 Å². The molecule has 164 valence electrons. The van der Waals surface area contributed by atoms with E-state index in [1.807, 2.05) is 30.3 Å². The highest BCUT2D eigenvalue weighted by Gasteiger charge is 2.19. The van der Waals surface area contributed by atoms with Crippen LogP contribution in [0, 0.1) is 0 Å². The fourth-order valence-electron chi connectivity index (χ4n) is 2.81. The maximum Gasteiger partial charge on any atom is 0.221 e. The lowest BCUT2D eigenvalue weighted by Gasteiger charge is -2.18. The molecule has 0 saturated heterocycles. The van der Waals surface area contributed by atoms with Crippen LogP contribution in [-0.2, 0) is 14.8 Å². The Balaban J connectivity index is 1.49. The van der Waals surface area contributed by atoms with Crippen LogP contribution in [0.2, 0.25) is 5.02 Å². The van der Waals surface area contributed by atoms with Crippen LogP contribution >= 0.6 is 23.4 Å². The van der Waals surface area contributed by atoms with E-state index < -0.39 is 16.1 Å². The van der Waals surface area contributed by atoms with Crippen molar-refractivity contribution >= 4 is 39.3 Å². The molecule has 0 fully saturated rings. The molecular weight excluding hydrogens is 458 g/mol. The summed E-state index contributed by atoms with van der Waals surface area (Å²) < 4.78 is 25.9. The van der Waals surface area contributed by atoms with Crippen LogP contribution in [0.4, 0.5) is 0 Å². The zero-order valence-corrected chi connectivity index (χ0v) is 19.1. The summed E-state index contributed by atoms with van der Waals surface area (Å²) in [4.78, 5) is 16.8. The second kappa shape index (κ2) is 10.8. The lowest BCUT2D eigenvalue weighted by atomic mass is 10.0. The van der Waals surface area contributed by atoms with Gasteiger partial charge in [-0.05, 0) is 17.7 Å². The van der Waals surface area contributed by atoms with Gasteiger partial charge < -0.3 is 5.32 Å². The van der Waals surface area contributed by atoms with E-state index in [2.05, 4.69) is 25.2 Å². The van der Waals surface area contributed by atoms with Gasteiger partial charge >= 0.3 is 0 Å². The zero-order chi connectivity index (χ0) is 22.3. The summed E-state index contributed by atoms with van der Waals surface area (Å²) in [6.07, 6.45) is 1.03. The number of aromatic amines is 1. The Morgan fingerprint density at radius 3 is 2.55 bits per heavy atom. The summed E-state index contributed by atoms with van der Waals surface area (Å²) in [6, 6.07) is 15.7. The van der Waals surface area contributed by atoms with Crippen LogP contribution in [0.3, 0.4) is 0 Å². The van der Waals surface area contributed by atoms with Crippen molar-refractivity contribution in [2.24, 2.45) is 0 Å². The van der Waals surface area contributed by atoms with Crippen LogP contribution in [0.15, 0.2) is 59.8 Å². The van der Waals surface area contributed by atoms with Crippen molar-refractivity contribution in [3.05, 3.63) is 65.2 Å². The summed E-state index contributed by atoms with van der Waals surface area (Å²) in [6.45, 7) is 0.394. The third kappa shape index (κ3) is 7.66. The number of halogens is 1. The van der Waals surface area contributed by atoms with Crippen molar-refractivity contribution in [3.8, 4) is 11.4 Å². The molecule has 3 aromatic rings. The molecule has 1 aromatic heterocycles. The van der Waals surface area contributed by atoms with Gasteiger partial charge in [0.15, 0.2) is 5.82 Å². The Kier molecular flexibility index (Phi) is 8.08. The number of hydrogen-bond acceptors (Lipinski definition) is 6.